The molecule has 0 unspecified atom stereocenters. The third-order valence-electron chi connectivity index (χ3n) is 1.72. The molecule has 1 aromatic carbocycles. The average molecular weight is 262 g/mol. The number of nitrogens with zero attached hydrogens (tertiary/aromatic N) is 1. The highest BCUT2D eigenvalue weighted by Gasteiger charge is 2.14. The topological polar surface area (TPSA) is 29.5 Å². The molecule has 0 fully saturated rings. The van der Waals surface area contributed by atoms with Crippen molar-refractivity contribution in [3.8, 4) is 0 Å². The second kappa shape index (κ2) is 4.41. The first kappa shape index (κ1) is 11.0. The fourth-order valence-corrected chi connectivity index (χ4v) is 1.33. The maximum Gasteiger partial charge on any atom is 0.413 e. The van der Waals surface area contributed by atoms with Gasteiger partial charge in [0, 0.05) is 11.5 Å². The Morgan fingerprint density at radius 2 is 2.21 bits per heavy atom. The summed E-state index contributed by atoms with van der Waals surface area (Å²) in [6, 6.07) is 4.34. The van der Waals surface area contributed by atoms with Crippen molar-refractivity contribution in [3.63, 3.8) is 0 Å². The maximum atomic E-state index is 13.2. The molecule has 0 N–H and O–H groups in total. The van der Waals surface area contributed by atoms with Crippen molar-refractivity contribution in [3.05, 3.63) is 28.5 Å². The molecule has 0 radical (unpaired) electrons. The lowest BCUT2D eigenvalue weighted by molar-refractivity contribution is 0.180. The minimum absolute atomic E-state index is 0.172. The molecule has 1 rings (SSSR count). The zero-order valence-electron chi connectivity index (χ0n) is 7.75. The summed E-state index contributed by atoms with van der Waals surface area (Å²) >= 11 is 3.19. The van der Waals surface area contributed by atoms with E-state index in [1.54, 1.807) is 6.07 Å². The number of carbonyl (C=O) groups is 1. The van der Waals surface area contributed by atoms with Crippen LogP contribution in [-0.2, 0) is 4.74 Å². The molecule has 0 saturated heterocycles. The SMILES string of the molecule is COC(=O)N(C)c1cc(Br)ccc1F. The molecule has 1 amide bonds. The quantitative estimate of drug-likeness (QED) is 0.778. The molecule has 0 aliphatic carbocycles. The Morgan fingerprint density at radius 1 is 1.57 bits per heavy atom. The number of hydrogen-bond donors (Lipinski definition) is 0. The van der Waals surface area contributed by atoms with Crippen molar-refractivity contribution in [2.24, 2.45) is 0 Å². The standard InChI is InChI=1S/C9H9BrFNO2/c1-12(9(13)14-2)8-5-6(10)3-4-7(8)11/h3-5H,1-2H3. The molecule has 5 heteroatoms. The van der Waals surface area contributed by atoms with Crippen molar-refractivity contribution in [2.75, 3.05) is 19.1 Å². The number of amides is 1. The Balaban J connectivity index is 3.05. The van der Waals surface area contributed by atoms with E-state index in [9.17, 15) is 9.18 Å². The van der Waals surface area contributed by atoms with E-state index >= 15 is 0 Å². The first-order valence-electron chi connectivity index (χ1n) is 3.83. The van der Waals surface area contributed by atoms with Crippen LogP contribution in [0.3, 0.4) is 0 Å². The normalized spacial score (nSPS) is 9.71. The molecule has 76 valence electrons. The van der Waals surface area contributed by atoms with Crippen LogP contribution in [0.5, 0.6) is 0 Å². The van der Waals surface area contributed by atoms with Gasteiger partial charge in [-0.3, -0.25) is 4.90 Å². The summed E-state index contributed by atoms with van der Waals surface area (Å²) in [7, 11) is 2.69. The van der Waals surface area contributed by atoms with Gasteiger partial charge in [-0.05, 0) is 18.2 Å². The first-order valence-corrected chi connectivity index (χ1v) is 4.62. The van der Waals surface area contributed by atoms with Crippen LogP contribution in [-0.4, -0.2) is 20.3 Å². The zero-order valence-corrected chi connectivity index (χ0v) is 9.34. The summed E-state index contributed by atoms with van der Waals surface area (Å²) in [6.45, 7) is 0. The number of benzene rings is 1. The monoisotopic (exact) mass is 261 g/mol. The highest BCUT2D eigenvalue weighted by atomic mass is 79.9. The highest BCUT2D eigenvalue weighted by molar-refractivity contribution is 9.10. The Kier molecular flexibility index (Phi) is 3.46. The number of rotatable bonds is 1. The van der Waals surface area contributed by atoms with Gasteiger partial charge in [0.2, 0.25) is 0 Å². The molecule has 0 bridgehead atoms. The van der Waals surface area contributed by atoms with Gasteiger partial charge in [0.15, 0.2) is 0 Å². The largest absolute Gasteiger partial charge is 0.452 e. The summed E-state index contributed by atoms with van der Waals surface area (Å²) < 4.78 is 18.4. The van der Waals surface area contributed by atoms with Crippen molar-refractivity contribution >= 4 is 27.7 Å². The van der Waals surface area contributed by atoms with Crippen LogP contribution < -0.4 is 4.90 Å². The van der Waals surface area contributed by atoms with E-state index in [1.165, 1.54) is 26.3 Å². The number of ether oxygens (including phenoxy) is 1. The lowest BCUT2D eigenvalue weighted by Gasteiger charge is -2.16. The molecule has 0 heterocycles. The van der Waals surface area contributed by atoms with E-state index < -0.39 is 11.9 Å². The Hall–Kier alpha value is -1.10. The molecular weight excluding hydrogens is 253 g/mol. The summed E-state index contributed by atoms with van der Waals surface area (Å²) in [5.41, 5.74) is 0.172. The van der Waals surface area contributed by atoms with Gasteiger partial charge in [-0.15, -0.1) is 0 Å². The number of methoxy groups -OCH3 is 1. The van der Waals surface area contributed by atoms with Crippen molar-refractivity contribution < 1.29 is 13.9 Å². The summed E-state index contributed by atoms with van der Waals surface area (Å²) in [5.74, 6) is -0.471. The summed E-state index contributed by atoms with van der Waals surface area (Å²) in [5, 5.41) is 0. The summed E-state index contributed by atoms with van der Waals surface area (Å²) in [4.78, 5) is 12.2. The van der Waals surface area contributed by atoms with E-state index in [4.69, 9.17) is 0 Å². The Morgan fingerprint density at radius 3 is 2.79 bits per heavy atom. The van der Waals surface area contributed by atoms with E-state index in [-0.39, 0.29) is 5.69 Å². The molecule has 0 saturated carbocycles. The maximum absolute atomic E-state index is 13.2. The van der Waals surface area contributed by atoms with Crippen LogP contribution >= 0.6 is 15.9 Å². The predicted molar refractivity (Wildman–Crippen MR) is 54.9 cm³/mol. The smallest absolute Gasteiger partial charge is 0.413 e. The molecule has 0 aromatic heterocycles. The number of anilines is 1. The fraction of sp³-hybridized carbons (Fsp3) is 0.222. The second-order valence-corrected chi connectivity index (χ2v) is 3.54. The molecule has 0 atom stereocenters. The number of halogens is 2. The first-order chi connectivity index (χ1) is 6.56. The van der Waals surface area contributed by atoms with E-state index in [1.807, 2.05) is 0 Å². The van der Waals surface area contributed by atoms with Gasteiger partial charge in [0.05, 0.1) is 12.8 Å². The molecule has 1 aromatic rings. The van der Waals surface area contributed by atoms with Gasteiger partial charge in [0.1, 0.15) is 5.82 Å². The van der Waals surface area contributed by atoms with Crippen molar-refractivity contribution in [2.45, 2.75) is 0 Å². The molecule has 0 spiro atoms. The molecular formula is C9H9BrFNO2. The second-order valence-electron chi connectivity index (χ2n) is 2.62. The van der Waals surface area contributed by atoms with Gasteiger partial charge in [-0.1, -0.05) is 15.9 Å². The minimum atomic E-state index is -0.609. The third-order valence-corrected chi connectivity index (χ3v) is 2.21. The van der Waals surface area contributed by atoms with Crippen LogP contribution in [0.1, 0.15) is 0 Å². The fourth-order valence-electron chi connectivity index (χ4n) is 0.978. The molecule has 0 aliphatic rings. The van der Waals surface area contributed by atoms with Crippen LogP contribution in [0.4, 0.5) is 14.9 Å². The van der Waals surface area contributed by atoms with E-state index in [2.05, 4.69) is 20.7 Å². The van der Waals surface area contributed by atoms with Gasteiger partial charge >= 0.3 is 6.09 Å². The van der Waals surface area contributed by atoms with Gasteiger partial charge in [-0.25, -0.2) is 9.18 Å². The molecule has 0 aliphatic heterocycles. The van der Waals surface area contributed by atoms with Crippen molar-refractivity contribution in [1.29, 1.82) is 0 Å². The highest BCUT2D eigenvalue weighted by Crippen LogP contribution is 2.23. The lowest BCUT2D eigenvalue weighted by Crippen LogP contribution is -2.26. The van der Waals surface area contributed by atoms with Crippen LogP contribution in [0, 0.1) is 5.82 Å². The van der Waals surface area contributed by atoms with Crippen LogP contribution in [0.15, 0.2) is 22.7 Å². The number of hydrogen-bond acceptors (Lipinski definition) is 2. The number of carbonyl (C=O) groups excluding carboxylic acids is 1. The van der Waals surface area contributed by atoms with Gasteiger partial charge in [0.25, 0.3) is 0 Å². The average Bonchev–Trinajstić information content (AvgIpc) is 2.19. The Bertz CT molecular complexity index is 357. The van der Waals surface area contributed by atoms with Crippen LogP contribution in [0.25, 0.3) is 0 Å². The molecule has 14 heavy (non-hydrogen) atoms. The Labute approximate surface area is 89.6 Å². The third kappa shape index (κ3) is 2.23. The van der Waals surface area contributed by atoms with E-state index in [0.717, 1.165) is 4.90 Å². The summed E-state index contributed by atoms with van der Waals surface area (Å²) in [6.07, 6.45) is -0.609. The predicted octanol–water partition coefficient (Wildman–Crippen LogP) is 2.79. The van der Waals surface area contributed by atoms with Crippen molar-refractivity contribution in [1.82, 2.24) is 0 Å². The zero-order chi connectivity index (χ0) is 10.7. The van der Waals surface area contributed by atoms with E-state index in [0.29, 0.717) is 4.47 Å². The minimum Gasteiger partial charge on any atom is -0.452 e. The van der Waals surface area contributed by atoms with Gasteiger partial charge < -0.3 is 4.74 Å². The lowest BCUT2D eigenvalue weighted by atomic mass is 10.3. The van der Waals surface area contributed by atoms with Crippen LogP contribution in [0.2, 0.25) is 0 Å². The molecule has 3 nitrogen and oxygen atoms in total. The van der Waals surface area contributed by atoms with Gasteiger partial charge in [-0.2, -0.15) is 0 Å².